The predicted molar refractivity (Wildman–Crippen MR) is 93.9 cm³/mol. The van der Waals surface area contributed by atoms with Crippen molar-refractivity contribution in [1.29, 1.82) is 0 Å². The van der Waals surface area contributed by atoms with Gasteiger partial charge in [-0.05, 0) is 49.4 Å². The van der Waals surface area contributed by atoms with E-state index in [-0.39, 0.29) is 11.5 Å². The van der Waals surface area contributed by atoms with Gasteiger partial charge in [-0.1, -0.05) is 6.07 Å². The SMILES string of the molecule is CCOc1ccc2nc(C(=O)OC)cc(Nc3cccc(F)c3)c2c1. The summed E-state index contributed by atoms with van der Waals surface area (Å²) in [6, 6.07) is 13.0. The van der Waals surface area contributed by atoms with Crippen LogP contribution in [0, 0.1) is 5.82 Å². The van der Waals surface area contributed by atoms with Crippen molar-refractivity contribution >= 4 is 28.2 Å². The molecule has 2 aromatic carbocycles. The highest BCUT2D eigenvalue weighted by molar-refractivity contribution is 5.99. The molecule has 5 nitrogen and oxygen atoms in total. The molecule has 0 aliphatic heterocycles. The Labute approximate surface area is 144 Å². The fourth-order valence-corrected chi connectivity index (χ4v) is 2.50. The molecule has 0 spiro atoms. The van der Waals surface area contributed by atoms with Crippen molar-refractivity contribution < 1.29 is 18.7 Å². The number of hydrogen-bond acceptors (Lipinski definition) is 5. The highest BCUT2D eigenvalue weighted by atomic mass is 19.1. The molecule has 0 unspecified atom stereocenters. The van der Waals surface area contributed by atoms with Crippen LogP contribution in [0.3, 0.4) is 0 Å². The second-order valence-electron chi connectivity index (χ2n) is 5.29. The monoisotopic (exact) mass is 340 g/mol. The van der Waals surface area contributed by atoms with Crippen LogP contribution >= 0.6 is 0 Å². The normalized spacial score (nSPS) is 10.5. The third-order valence-corrected chi connectivity index (χ3v) is 3.59. The first-order valence-electron chi connectivity index (χ1n) is 7.79. The van der Waals surface area contributed by atoms with Gasteiger partial charge in [-0.25, -0.2) is 14.2 Å². The highest BCUT2D eigenvalue weighted by Gasteiger charge is 2.13. The molecule has 0 bridgehead atoms. The number of aromatic nitrogens is 1. The predicted octanol–water partition coefficient (Wildman–Crippen LogP) is 4.30. The lowest BCUT2D eigenvalue weighted by atomic mass is 10.1. The summed E-state index contributed by atoms with van der Waals surface area (Å²) < 4.78 is 23.8. The molecule has 0 saturated carbocycles. The van der Waals surface area contributed by atoms with E-state index in [1.54, 1.807) is 30.3 Å². The Morgan fingerprint density at radius 3 is 2.76 bits per heavy atom. The highest BCUT2D eigenvalue weighted by Crippen LogP contribution is 2.30. The number of benzene rings is 2. The van der Waals surface area contributed by atoms with Gasteiger partial charge in [-0.3, -0.25) is 0 Å². The molecule has 0 aliphatic carbocycles. The minimum atomic E-state index is -0.543. The van der Waals surface area contributed by atoms with E-state index in [1.807, 2.05) is 13.0 Å². The Balaban J connectivity index is 2.13. The third kappa shape index (κ3) is 3.68. The van der Waals surface area contributed by atoms with Crippen LogP contribution in [0.4, 0.5) is 15.8 Å². The molecule has 0 fully saturated rings. The van der Waals surface area contributed by atoms with Gasteiger partial charge in [-0.15, -0.1) is 0 Å². The second-order valence-corrected chi connectivity index (χ2v) is 5.29. The first-order valence-corrected chi connectivity index (χ1v) is 7.79. The fraction of sp³-hybridized carbons (Fsp3) is 0.158. The van der Waals surface area contributed by atoms with Gasteiger partial charge in [0.15, 0.2) is 5.69 Å². The van der Waals surface area contributed by atoms with Gasteiger partial charge in [0.2, 0.25) is 0 Å². The number of carbonyl (C=O) groups is 1. The molecule has 3 aromatic rings. The Morgan fingerprint density at radius 2 is 2.04 bits per heavy atom. The average Bonchev–Trinajstić information content (AvgIpc) is 2.61. The quantitative estimate of drug-likeness (QED) is 0.702. The minimum absolute atomic E-state index is 0.165. The molecule has 6 heteroatoms. The summed E-state index contributed by atoms with van der Waals surface area (Å²) in [5.41, 5.74) is 1.94. The van der Waals surface area contributed by atoms with E-state index in [0.29, 0.717) is 29.2 Å². The summed E-state index contributed by atoms with van der Waals surface area (Å²) in [6.45, 7) is 2.43. The van der Waals surface area contributed by atoms with E-state index in [4.69, 9.17) is 9.47 Å². The number of esters is 1. The van der Waals surface area contributed by atoms with E-state index in [9.17, 15) is 9.18 Å². The van der Waals surface area contributed by atoms with Crippen molar-refractivity contribution in [3.63, 3.8) is 0 Å². The van der Waals surface area contributed by atoms with Gasteiger partial charge in [0.1, 0.15) is 11.6 Å². The summed E-state index contributed by atoms with van der Waals surface area (Å²) in [5, 5.41) is 3.89. The molecule has 0 atom stereocenters. The Hall–Kier alpha value is -3.15. The number of anilines is 2. The standard InChI is InChI=1S/C19H17FN2O3/c1-3-25-14-7-8-16-15(10-14)17(11-18(22-16)19(23)24-2)21-13-6-4-5-12(20)9-13/h4-11H,3H2,1-2H3,(H,21,22). The maximum absolute atomic E-state index is 13.5. The molecular formula is C19H17FN2O3. The van der Waals surface area contributed by atoms with E-state index < -0.39 is 5.97 Å². The molecule has 1 N–H and O–H groups in total. The van der Waals surface area contributed by atoms with E-state index in [1.165, 1.54) is 19.2 Å². The van der Waals surface area contributed by atoms with Gasteiger partial charge in [0.05, 0.1) is 24.9 Å². The molecule has 0 saturated heterocycles. The molecule has 1 heterocycles. The number of nitrogens with one attached hydrogen (secondary N) is 1. The maximum Gasteiger partial charge on any atom is 0.356 e. The van der Waals surface area contributed by atoms with Crippen LogP contribution in [-0.2, 0) is 4.74 Å². The average molecular weight is 340 g/mol. The number of rotatable bonds is 5. The molecule has 25 heavy (non-hydrogen) atoms. The van der Waals surface area contributed by atoms with Crippen LogP contribution < -0.4 is 10.1 Å². The Bertz CT molecular complexity index is 928. The largest absolute Gasteiger partial charge is 0.494 e. The Kier molecular flexibility index (Phi) is 4.79. The van der Waals surface area contributed by atoms with Crippen molar-refractivity contribution in [2.45, 2.75) is 6.92 Å². The van der Waals surface area contributed by atoms with Gasteiger partial charge < -0.3 is 14.8 Å². The lowest BCUT2D eigenvalue weighted by molar-refractivity contribution is 0.0594. The summed E-state index contributed by atoms with van der Waals surface area (Å²) >= 11 is 0. The molecule has 0 amide bonds. The summed E-state index contributed by atoms with van der Waals surface area (Å²) in [5.74, 6) is -0.213. The van der Waals surface area contributed by atoms with Crippen molar-refractivity contribution in [3.05, 3.63) is 60.0 Å². The zero-order chi connectivity index (χ0) is 17.8. The number of methoxy groups -OCH3 is 1. The second kappa shape index (κ2) is 7.17. The van der Waals surface area contributed by atoms with Gasteiger partial charge in [0, 0.05) is 11.1 Å². The smallest absolute Gasteiger partial charge is 0.356 e. The van der Waals surface area contributed by atoms with Gasteiger partial charge >= 0.3 is 5.97 Å². The van der Waals surface area contributed by atoms with Crippen molar-refractivity contribution in [1.82, 2.24) is 4.98 Å². The lowest BCUT2D eigenvalue weighted by Gasteiger charge is -2.13. The zero-order valence-electron chi connectivity index (χ0n) is 13.9. The zero-order valence-corrected chi connectivity index (χ0v) is 13.9. The van der Waals surface area contributed by atoms with Crippen LogP contribution in [0.2, 0.25) is 0 Å². The first kappa shape index (κ1) is 16.7. The number of nitrogens with zero attached hydrogens (tertiary/aromatic N) is 1. The fourth-order valence-electron chi connectivity index (χ4n) is 2.50. The summed E-state index contributed by atoms with van der Waals surface area (Å²) in [4.78, 5) is 16.2. The first-order chi connectivity index (χ1) is 12.1. The van der Waals surface area contributed by atoms with Crippen LogP contribution in [0.1, 0.15) is 17.4 Å². The number of fused-ring (bicyclic) bond motifs is 1. The maximum atomic E-state index is 13.5. The number of carbonyl (C=O) groups excluding carboxylic acids is 1. The molecule has 128 valence electrons. The van der Waals surface area contributed by atoms with Crippen LogP contribution in [0.5, 0.6) is 5.75 Å². The van der Waals surface area contributed by atoms with Gasteiger partial charge in [0.25, 0.3) is 0 Å². The minimum Gasteiger partial charge on any atom is -0.494 e. The van der Waals surface area contributed by atoms with Crippen LogP contribution in [0.25, 0.3) is 10.9 Å². The van der Waals surface area contributed by atoms with E-state index >= 15 is 0 Å². The molecule has 1 aromatic heterocycles. The number of ether oxygens (including phenoxy) is 2. The lowest BCUT2D eigenvalue weighted by Crippen LogP contribution is -2.06. The summed E-state index contributed by atoms with van der Waals surface area (Å²) in [7, 11) is 1.30. The molecular weight excluding hydrogens is 323 g/mol. The number of hydrogen-bond donors (Lipinski definition) is 1. The van der Waals surface area contributed by atoms with Crippen molar-refractivity contribution in [2.24, 2.45) is 0 Å². The van der Waals surface area contributed by atoms with Crippen molar-refractivity contribution in [2.75, 3.05) is 19.0 Å². The molecule has 0 radical (unpaired) electrons. The summed E-state index contributed by atoms with van der Waals surface area (Å²) in [6.07, 6.45) is 0. The Morgan fingerprint density at radius 1 is 1.20 bits per heavy atom. The topological polar surface area (TPSA) is 60.5 Å². The van der Waals surface area contributed by atoms with E-state index in [0.717, 1.165) is 5.39 Å². The number of halogens is 1. The molecule has 0 aliphatic rings. The van der Waals surface area contributed by atoms with Crippen LogP contribution in [-0.4, -0.2) is 24.7 Å². The van der Waals surface area contributed by atoms with E-state index in [2.05, 4.69) is 10.3 Å². The van der Waals surface area contributed by atoms with Gasteiger partial charge in [-0.2, -0.15) is 0 Å². The molecule has 3 rings (SSSR count). The van der Waals surface area contributed by atoms with Crippen LogP contribution in [0.15, 0.2) is 48.5 Å². The van der Waals surface area contributed by atoms with Crippen molar-refractivity contribution in [3.8, 4) is 5.75 Å². The number of pyridine rings is 1. The third-order valence-electron chi connectivity index (χ3n) is 3.59.